The third-order valence-corrected chi connectivity index (χ3v) is 7.15. The average molecular weight is 435 g/mol. The smallest absolute Gasteiger partial charge is 0.326 e. The van der Waals surface area contributed by atoms with E-state index in [1.165, 1.54) is 17.7 Å². The molecule has 32 heavy (non-hydrogen) atoms. The number of fused-ring (bicyclic) bond motifs is 5. The van der Waals surface area contributed by atoms with Crippen molar-refractivity contribution >= 4 is 23.6 Å². The molecule has 6 nitrogen and oxygen atoms in total. The Morgan fingerprint density at radius 2 is 1.62 bits per heavy atom. The average Bonchev–Trinajstić information content (AvgIpc) is 3.46. The van der Waals surface area contributed by atoms with Gasteiger partial charge in [0.1, 0.15) is 12.4 Å². The Bertz CT molecular complexity index is 1080. The molecule has 2 aromatic rings. The van der Waals surface area contributed by atoms with Crippen LogP contribution in [0.3, 0.4) is 0 Å². The van der Waals surface area contributed by atoms with E-state index in [9.17, 15) is 23.6 Å². The molecule has 1 saturated heterocycles. The number of rotatable bonds is 6. The first-order chi connectivity index (χ1) is 15.4. The zero-order chi connectivity index (χ0) is 22.4. The second kappa shape index (κ2) is 7.97. The normalized spacial score (nSPS) is 28.2. The zero-order valence-corrected chi connectivity index (χ0v) is 17.3. The Morgan fingerprint density at radius 3 is 2.34 bits per heavy atom. The predicted octanol–water partition coefficient (Wildman–Crippen LogP) is 2.98. The number of Topliss-reactive ketones (excluding diaryl/α,β-unsaturated/α-hetero) is 1. The van der Waals surface area contributed by atoms with Crippen molar-refractivity contribution in [3.05, 3.63) is 71.5 Å². The molecule has 3 fully saturated rings. The largest absolute Gasteiger partial charge is 0.456 e. The SMILES string of the molecule is O=C(CN1C(=O)[C@@H]2[C@@H]3C[C@H]([C@H]2C1=O)[C@H](c1ccccc1)C3)OCC(=O)c1ccc(F)cc1. The molecule has 3 aliphatic rings. The highest BCUT2D eigenvalue weighted by Gasteiger charge is 2.64. The Labute approximate surface area is 184 Å². The van der Waals surface area contributed by atoms with E-state index in [4.69, 9.17) is 4.74 Å². The third kappa shape index (κ3) is 3.42. The van der Waals surface area contributed by atoms with Gasteiger partial charge in [-0.2, -0.15) is 0 Å². The van der Waals surface area contributed by atoms with E-state index >= 15 is 0 Å². The number of esters is 1. The molecule has 0 N–H and O–H groups in total. The van der Waals surface area contributed by atoms with Crippen LogP contribution in [-0.2, 0) is 19.1 Å². The first-order valence-corrected chi connectivity index (χ1v) is 10.8. The van der Waals surface area contributed by atoms with Crippen LogP contribution in [0.15, 0.2) is 54.6 Å². The molecule has 164 valence electrons. The molecule has 7 heteroatoms. The summed E-state index contributed by atoms with van der Waals surface area (Å²) in [5.41, 5.74) is 1.40. The van der Waals surface area contributed by atoms with Crippen LogP contribution in [0.25, 0.3) is 0 Å². The fourth-order valence-electron chi connectivity index (χ4n) is 5.80. The lowest BCUT2D eigenvalue weighted by atomic mass is 9.73. The second-order valence-corrected chi connectivity index (χ2v) is 8.82. The molecule has 0 radical (unpaired) electrons. The van der Waals surface area contributed by atoms with E-state index < -0.39 is 30.7 Å². The molecule has 0 unspecified atom stereocenters. The van der Waals surface area contributed by atoms with E-state index in [1.807, 2.05) is 18.2 Å². The summed E-state index contributed by atoms with van der Waals surface area (Å²) in [6, 6.07) is 14.9. The molecule has 0 aromatic heterocycles. The number of ether oxygens (including phenoxy) is 1. The maximum atomic E-state index is 13.1. The van der Waals surface area contributed by atoms with Crippen molar-refractivity contribution in [1.29, 1.82) is 0 Å². The number of hydrogen-bond donors (Lipinski definition) is 0. The third-order valence-electron chi connectivity index (χ3n) is 7.15. The maximum Gasteiger partial charge on any atom is 0.326 e. The summed E-state index contributed by atoms with van der Waals surface area (Å²) in [4.78, 5) is 51.4. The number of nitrogens with zero attached hydrogens (tertiary/aromatic N) is 1. The number of imide groups is 1. The number of ketones is 1. The van der Waals surface area contributed by atoms with Crippen LogP contribution in [-0.4, -0.2) is 41.6 Å². The number of carbonyl (C=O) groups excluding carboxylic acids is 4. The molecule has 2 aliphatic carbocycles. The Balaban J connectivity index is 1.22. The summed E-state index contributed by atoms with van der Waals surface area (Å²) in [7, 11) is 0. The number of amides is 2. The van der Waals surface area contributed by atoms with Crippen molar-refractivity contribution in [2.24, 2.45) is 23.7 Å². The number of halogens is 1. The van der Waals surface area contributed by atoms with Crippen LogP contribution >= 0.6 is 0 Å². The van der Waals surface area contributed by atoms with Crippen molar-refractivity contribution in [2.45, 2.75) is 18.8 Å². The van der Waals surface area contributed by atoms with Crippen LogP contribution < -0.4 is 0 Å². The minimum Gasteiger partial charge on any atom is -0.456 e. The van der Waals surface area contributed by atoms with E-state index in [1.54, 1.807) is 0 Å². The molecule has 2 saturated carbocycles. The molecular weight excluding hydrogens is 413 g/mol. The van der Waals surface area contributed by atoms with Crippen molar-refractivity contribution in [3.63, 3.8) is 0 Å². The van der Waals surface area contributed by atoms with Gasteiger partial charge in [-0.25, -0.2) is 4.39 Å². The molecular formula is C25H22FNO5. The van der Waals surface area contributed by atoms with Gasteiger partial charge in [-0.15, -0.1) is 0 Å². The molecule has 2 amide bonds. The van der Waals surface area contributed by atoms with Crippen LogP contribution in [0.1, 0.15) is 34.7 Å². The minimum atomic E-state index is -0.811. The summed E-state index contributed by atoms with van der Waals surface area (Å²) < 4.78 is 18.0. The Hall–Kier alpha value is -3.35. The van der Waals surface area contributed by atoms with E-state index in [0.717, 1.165) is 29.9 Å². The van der Waals surface area contributed by atoms with Gasteiger partial charge in [0.2, 0.25) is 11.8 Å². The van der Waals surface area contributed by atoms with Gasteiger partial charge in [0.05, 0.1) is 11.8 Å². The molecule has 5 atom stereocenters. The van der Waals surface area contributed by atoms with Gasteiger partial charge in [-0.3, -0.25) is 24.1 Å². The fourth-order valence-corrected chi connectivity index (χ4v) is 5.80. The van der Waals surface area contributed by atoms with Crippen molar-refractivity contribution in [2.75, 3.05) is 13.2 Å². The maximum absolute atomic E-state index is 13.1. The van der Waals surface area contributed by atoms with Crippen LogP contribution in [0.5, 0.6) is 0 Å². The standard InChI is InChI=1S/C25H22FNO5/c26-17-8-6-15(7-9-17)20(28)13-32-21(29)12-27-24(30)22-16-10-18(14-4-2-1-3-5-14)19(11-16)23(22)25(27)31/h1-9,16,18-19,22-23H,10-13H2/t16-,18-,19-,22+,23+/m0/s1. The molecule has 2 aromatic carbocycles. The lowest BCUT2D eigenvalue weighted by molar-refractivity contribution is -0.152. The summed E-state index contributed by atoms with van der Waals surface area (Å²) in [6.45, 7) is -1.02. The van der Waals surface area contributed by atoms with Crippen molar-refractivity contribution in [3.8, 4) is 0 Å². The van der Waals surface area contributed by atoms with E-state index in [0.29, 0.717) is 0 Å². The summed E-state index contributed by atoms with van der Waals surface area (Å²) in [5.74, 6) is -2.64. The molecule has 1 heterocycles. The van der Waals surface area contributed by atoms with Gasteiger partial charge < -0.3 is 4.74 Å². The number of benzene rings is 2. The monoisotopic (exact) mass is 435 g/mol. The van der Waals surface area contributed by atoms with E-state index in [2.05, 4.69) is 12.1 Å². The highest BCUT2D eigenvalue weighted by molar-refractivity contribution is 6.08. The van der Waals surface area contributed by atoms with Crippen LogP contribution in [0.4, 0.5) is 4.39 Å². The van der Waals surface area contributed by atoms with Crippen LogP contribution in [0.2, 0.25) is 0 Å². The highest BCUT2D eigenvalue weighted by Crippen LogP contribution is 2.61. The molecule has 1 aliphatic heterocycles. The lowest BCUT2D eigenvalue weighted by Crippen LogP contribution is -2.38. The zero-order valence-electron chi connectivity index (χ0n) is 17.3. The second-order valence-electron chi connectivity index (χ2n) is 8.82. The predicted molar refractivity (Wildman–Crippen MR) is 111 cm³/mol. The molecule has 2 bridgehead atoms. The van der Waals surface area contributed by atoms with Gasteiger partial charge in [0.15, 0.2) is 12.4 Å². The van der Waals surface area contributed by atoms with Gasteiger partial charge >= 0.3 is 5.97 Å². The summed E-state index contributed by atoms with van der Waals surface area (Å²) in [6.07, 6.45) is 1.73. The Kier molecular flexibility index (Phi) is 5.12. The molecule has 0 spiro atoms. The highest BCUT2D eigenvalue weighted by atomic mass is 19.1. The quantitative estimate of drug-likeness (QED) is 0.396. The van der Waals surface area contributed by atoms with Crippen LogP contribution in [0, 0.1) is 29.5 Å². The minimum absolute atomic E-state index is 0.102. The van der Waals surface area contributed by atoms with Gasteiger partial charge in [-0.1, -0.05) is 30.3 Å². The first-order valence-electron chi connectivity index (χ1n) is 10.8. The van der Waals surface area contributed by atoms with Crippen molar-refractivity contribution < 1.29 is 28.3 Å². The van der Waals surface area contributed by atoms with Crippen molar-refractivity contribution in [1.82, 2.24) is 4.90 Å². The van der Waals surface area contributed by atoms with Gasteiger partial charge in [-0.05, 0) is 60.4 Å². The number of likely N-dealkylation sites (tertiary alicyclic amines) is 1. The topological polar surface area (TPSA) is 80.8 Å². The number of carbonyl (C=O) groups is 4. The van der Waals surface area contributed by atoms with Gasteiger partial charge in [0.25, 0.3) is 0 Å². The van der Waals surface area contributed by atoms with Gasteiger partial charge in [0, 0.05) is 5.56 Å². The lowest BCUT2D eigenvalue weighted by Gasteiger charge is -2.28. The molecule has 5 rings (SSSR count). The summed E-state index contributed by atoms with van der Waals surface area (Å²) >= 11 is 0. The first kappa shape index (κ1) is 20.5. The number of hydrogen-bond acceptors (Lipinski definition) is 5. The van der Waals surface area contributed by atoms with E-state index in [-0.39, 0.29) is 47.0 Å². The fraction of sp³-hybridized carbons (Fsp3) is 0.360. The summed E-state index contributed by atoms with van der Waals surface area (Å²) in [5, 5.41) is 0. The Morgan fingerprint density at radius 1 is 0.938 bits per heavy atom.